The molecule has 0 aliphatic heterocycles. The van der Waals surface area contributed by atoms with Gasteiger partial charge in [0.25, 0.3) is 29.5 Å². The SMILES string of the molecule is C=CCOc1ccc(C(=O)Nc2nc(-c3ccc(OC)cc3)ns2)cc1.C=CCOc1ccc(C(=O)Nc2nc(-c3ccc(OC)cc3)ns2)cc1.C=CCOc1ccc(C(=O)Nc2nc(-c3ccc(OC)cc3)ns2)cc1.C=CCOc1ccc(C(=O)Nc2nc(-c3ccc(OC)cc3)ns2)cc1.C=CCOc1ccc(C(=O)Nc2nc(-c3ccc(OC)cc3)ns2)cc1.CN(C)C=O. The standard InChI is InChI=1S/5C19H17N3O3S.C3H7NO/c5*1-3-12-25-16-10-6-14(7-11-16)18(23)21-19-20-17(22-26-19)13-4-8-15(24-2)9-5-13;1-4(2)3-5/h5*3-11H,1,12H2,2H3,(H,20,21,22,23);3H,1-2H3. The van der Waals surface area contributed by atoms with Crippen molar-refractivity contribution in [3.05, 3.63) is 334 Å². The van der Waals surface area contributed by atoms with E-state index >= 15 is 0 Å². The summed E-state index contributed by atoms with van der Waals surface area (Å²) in [5, 5.41) is 16.0. The lowest BCUT2D eigenvalue weighted by atomic mass is 10.2. The largest absolute Gasteiger partial charge is 0.497 e. The van der Waals surface area contributed by atoms with E-state index in [1.165, 1.54) is 4.90 Å². The molecule has 0 bridgehead atoms. The highest BCUT2D eigenvalue weighted by atomic mass is 32.1. The van der Waals surface area contributed by atoms with Crippen LogP contribution in [0, 0.1) is 0 Å². The number of amides is 6. The van der Waals surface area contributed by atoms with Crippen molar-refractivity contribution >= 4 is 119 Å². The van der Waals surface area contributed by atoms with E-state index in [9.17, 15) is 28.8 Å². The zero-order chi connectivity index (χ0) is 96.1. The maximum absolute atomic E-state index is 12.3. The highest BCUT2D eigenvalue weighted by Crippen LogP contribution is 2.31. The molecule has 10 aromatic carbocycles. The monoisotopic (exact) mass is 1910 g/mol. The van der Waals surface area contributed by atoms with Crippen LogP contribution >= 0.6 is 57.7 Å². The second kappa shape index (κ2) is 53.6. The summed E-state index contributed by atoms with van der Waals surface area (Å²) in [4.78, 5) is 94.3. The van der Waals surface area contributed by atoms with Crippen molar-refractivity contribution in [1.29, 1.82) is 0 Å². The van der Waals surface area contributed by atoms with Gasteiger partial charge in [0.2, 0.25) is 32.1 Å². The molecule has 0 spiro atoms. The lowest BCUT2D eigenvalue weighted by Crippen LogP contribution is -2.11. The third kappa shape index (κ3) is 32.3. The summed E-state index contributed by atoms with van der Waals surface area (Å²) in [6, 6.07) is 71.4. The molecule has 0 aliphatic rings. The van der Waals surface area contributed by atoms with Gasteiger partial charge in [-0.3, -0.25) is 55.4 Å². The van der Waals surface area contributed by atoms with Gasteiger partial charge in [-0.1, -0.05) is 63.3 Å². The van der Waals surface area contributed by atoms with Gasteiger partial charge in [-0.15, -0.1) is 0 Å². The quantitative estimate of drug-likeness (QED) is 0.0180. The maximum Gasteiger partial charge on any atom is 0.257 e. The van der Waals surface area contributed by atoms with Gasteiger partial charge in [-0.05, 0) is 243 Å². The highest BCUT2D eigenvalue weighted by Gasteiger charge is 2.19. The fourth-order valence-corrected chi connectivity index (χ4v) is 13.7. The van der Waals surface area contributed by atoms with E-state index in [0.29, 0.717) is 144 Å². The van der Waals surface area contributed by atoms with Gasteiger partial charge in [-0.2, -0.15) is 46.8 Å². The Labute approximate surface area is 799 Å². The summed E-state index contributed by atoms with van der Waals surface area (Å²) >= 11 is 5.66. The number of hydrogen-bond donors (Lipinski definition) is 5. The highest BCUT2D eigenvalue weighted by molar-refractivity contribution is 7.11. The summed E-state index contributed by atoms with van der Waals surface area (Å²) in [6.07, 6.45) is 9.07. The van der Waals surface area contributed by atoms with Crippen LogP contribution in [0.1, 0.15) is 51.8 Å². The number of ether oxygens (including phenoxy) is 10. The van der Waals surface area contributed by atoms with Crippen LogP contribution in [-0.2, 0) is 4.79 Å². The van der Waals surface area contributed by atoms with Gasteiger partial charge >= 0.3 is 0 Å². The molecule has 135 heavy (non-hydrogen) atoms. The van der Waals surface area contributed by atoms with E-state index < -0.39 is 0 Å². The molecule has 15 rings (SSSR count). The van der Waals surface area contributed by atoms with Gasteiger partial charge in [-0.25, -0.2) is 0 Å². The lowest BCUT2D eigenvalue weighted by Gasteiger charge is -2.04. The van der Waals surface area contributed by atoms with Crippen LogP contribution in [-0.4, -0.2) is 170 Å². The molecule has 690 valence electrons. The summed E-state index contributed by atoms with van der Waals surface area (Å²) in [5.41, 5.74) is 6.82. The van der Waals surface area contributed by atoms with Crippen molar-refractivity contribution in [2.24, 2.45) is 0 Å². The van der Waals surface area contributed by atoms with Crippen molar-refractivity contribution in [2.75, 3.05) is 109 Å². The molecule has 0 aliphatic carbocycles. The van der Waals surface area contributed by atoms with E-state index in [-0.39, 0.29) is 29.5 Å². The molecule has 0 fully saturated rings. The Morgan fingerprint density at radius 3 is 0.526 bits per heavy atom. The first-order valence-electron chi connectivity index (χ1n) is 40.5. The Hall–Kier alpha value is -16.5. The first kappa shape index (κ1) is 101. The first-order chi connectivity index (χ1) is 65.7. The Morgan fingerprint density at radius 2 is 0.400 bits per heavy atom. The Morgan fingerprint density at radius 1 is 0.259 bits per heavy atom. The zero-order valence-corrected chi connectivity index (χ0v) is 78.2. The molecular formula is C98H92N16O16S5. The first-order valence-corrected chi connectivity index (χ1v) is 44.4. The van der Waals surface area contributed by atoms with Gasteiger partial charge in [0.05, 0.1) is 35.5 Å². The third-order valence-corrected chi connectivity index (χ3v) is 20.8. The number of hydrogen-bond acceptors (Lipinski definition) is 31. The number of methoxy groups -OCH3 is 5. The number of carbonyl (C=O) groups is 6. The van der Waals surface area contributed by atoms with Crippen LogP contribution in [0.15, 0.2) is 306 Å². The number of benzene rings is 10. The van der Waals surface area contributed by atoms with Gasteiger partial charge in [0, 0.05) is 127 Å². The van der Waals surface area contributed by atoms with Crippen molar-refractivity contribution in [3.8, 4) is 114 Å². The predicted molar refractivity (Wildman–Crippen MR) is 530 cm³/mol. The van der Waals surface area contributed by atoms with Crippen molar-refractivity contribution < 1.29 is 76.1 Å². The van der Waals surface area contributed by atoms with E-state index in [4.69, 9.17) is 47.4 Å². The summed E-state index contributed by atoms with van der Waals surface area (Å²) in [7, 11) is 11.4. The Kier molecular flexibility index (Phi) is 40.0. The molecule has 0 radical (unpaired) electrons. The molecule has 37 heteroatoms. The van der Waals surface area contributed by atoms with E-state index in [1.807, 2.05) is 121 Å². The molecule has 6 amide bonds. The molecule has 32 nitrogen and oxygen atoms in total. The van der Waals surface area contributed by atoms with E-state index in [1.54, 1.807) is 201 Å². The molecule has 5 aromatic heterocycles. The molecule has 0 saturated carbocycles. The minimum Gasteiger partial charge on any atom is -0.497 e. The van der Waals surface area contributed by atoms with Gasteiger partial charge in [0.1, 0.15) is 90.5 Å². The molecule has 0 unspecified atom stereocenters. The minimum atomic E-state index is -0.252. The second-order valence-electron chi connectivity index (χ2n) is 27.2. The smallest absolute Gasteiger partial charge is 0.257 e. The maximum atomic E-state index is 12.3. The van der Waals surface area contributed by atoms with Gasteiger partial charge < -0.3 is 52.3 Å². The van der Waals surface area contributed by atoms with Gasteiger partial charge in [0.15, 0.2) is 29.1 Å². The van der Waals surface area contributed by atoms with E-state index in [0.717, 1.165) is 121 Å². The number of rotatable bonds is 36. The number of anilines is 5. The third-order valence-electron chi connectivity index (χ3n) is 17.6. The van der Waals surface area contributed by atoms with E-state index in [2.05, 4.69) is 106 Å². The van der Waals surface area contributed by atoms with Crippen LogP contribution in [0.2, 0.25) is 0 Å². The summed E-state index contributed by atoms with van der Waals surface area (Å²) < 4.78 is 74.1. The fourth-order valence-electron chi connectivity index (χ4n) is 10.8. The lowest BCUT2D eigenvalue weighted by molar-refractivity contribution is -0.115. The van der Waals surface area contributed by atoms with Crippen LogP contribution in [0.5, 0.6) is 57.5 Å². The topological polar surface area (TPSA) is 387 Å². The van der Waals surface area contributed by atoms with Crippen LogP contribution in [0.4, 0.5) is 25.7 Å². The molecular weight excluding hydrogens is 1820 g/mol. The average Bonchev–Trinajstić information content (AvgIpc) is 1.65. The minimum absolute atomic E-state index is 0.252. The molecule has 5 heterocycles. The summed E-state index contributed by atoms with van der Waals surface area (Å²) in [6.45, 7) is 20.1. The van der Waals surface area contributed by atoms with Crippen molar-refractivity contribution in [1.82, 2.24) is 51.7 Å². The number of carbonyl (C=O) groups excluding carboxylic acids is 6. The number of nitrogens with zero attached hydrogens (tertiary/aromatic N) is 11. The Balaban J connectivity index is 0.000000172. The fraction of sp³-hybridized carbons (Fsp3) is 0.122. The van der Waals surface area contributed by atoms with Crippen molar-refractivity contribution in [3.63, 3.8) is 0 Å². The number of nitrogens with one attached hydrogen (secondary N) is 5. The molecule has 0 atom stereocenters. The van der Waals surface area contributed by atoms with Crippen LogP contribution in [0.25, 0.3) is 56.9 Å². The zero-order valence-electron chi connectivity index (χ0n) is 74.1. The predicted octanol–water partition coefficient (Wildman–Crippen LogP) is 19.9. The molecule has 5 N–H and O–H groups in total. The summed E-state index contributed by atoms with van der Waals surface area (Å²) in [5.74, 6) is 8.73. The molecule has 0 saturated heterocycles. The van der Waals surface area contributed by atoms with Crippen LogP contribution in [0.3, 0.4) is 0 Å². The average molecular weight is 1910 g/mol. The normalized spacial score (nSPS) is 10.1. The number of aromatic nitrogens is 10. The second-order valence-corrected chi connectivity index (χ2v) is 31.0. The van der Waals surface area contributed by atoms with Crippen molar-refractivity contribution in [2.45, 2.75) is 0 Å². The Bertz CT molecular complexity index is 5450. The van der Waals surface area contributed by atoms with Crippen LogP contribution < -0.4 is 74.0 Å². The molecule has 15 aromatic rings.